The maximum absolute atomic E-state index is 13.1. The van der Waals surface area contributed by atoms with E-state index in [4.69, 9.17) is 11.6 Å². The van der Waals surface area contributed by atoms with Crippen molar-refractivity contribution in [2.24, 2.45) is 5.10 Å². The number of aromatic amines is 1. The van der Waals surface area contributed by atoms with E-state index in [-0.39, 0.29) is 11.6 Å². The summed E-state index contributed by atoms with van der Waals surface area (Å²) >= 11 is 6.29. The second-order valence-corrected chi connectivity index (χ2v) is 7.42. The van der Waals surface area contributed by atoms with Crippen molar-refractivity contribution in [1.29, 1.82) is 0 Å². The molecule has 1 atom stereocenters. The Balaban J connectivity index is 1.70. The minimum Gasteiger partial charge on any atom is -0.321 e. The molecule has 0 radical (unpaired) electrons. The fourth-order valence-electron chi connectivity index (χ4n) is 3.83. The molecule has 0 amide bonds. The summed E-state index contributed by atoms with van der Waals surface area (Å²) in [4.78, 5) is 20.2. The number of nitrogens with one attached hydrogen (secondary N) is 2. The zero-order valence-corrected chi connectivity index (χ0v) is 16.1. The van der Waals surface area contributed by atoms with Crippen LogP contribution in [0.2, 0.25) is 5.02 Å². The summed E-state index contributed by atoms with van der Waals surface area (Å²) in [5.74, 6) is 0. The van der Waals surface area contributed by atoms with E-state index < -0.39 is 0 Å². The number of pyridine rings is 2. The van der Waals surface area contributed by atoms with Crippen molar-refractivity contribution in [2.45, 2.75) is 12.5 Å². The first-order chi connectivity index (χ1) is 14.2. The summed E-state index contributed by atoms with van der Waals surface area (Å²) in [5.41, 5.74) is 7.96. The van der Waals surface area contributed by atoms with Gasteiger partial charge in [0.2, 0.25) is 0 Å². The third kappa shape index (κ3) is 3.19. The van der Waals surface area contributed by atoms with Gasteiger partial charge < -0.3 is 10.4 Å². The first-order valence-electron chi connectivity index (χ1n) is 9.34. The second kappa shape index (κ2) is 7.18. The molecule has 5 nitrogen and oxygen atoms in total. The lowest BCUT2D eigenvalue weighted by Gasteiger charge is -2.14. The SMILES string of the molecule is O=c1[nH]c2ccc(Cl)cc2c(-c2ccccc2)c1C1=NNC(c2ccncc2)C1. The average molecular weight is 401 g/mol. The highest BCUT2D eigenvalue weighted by Crippen LogP contribution is 2.34. The van der Waals surface area contributed by atoms with Crippen LogP contribution in [0.3, 0.4) is 0 Å². The molecule has 0 spiro atoms. The molecule has 6 heteroatoms. The smallest absolute Gasteiger partial charge is 0.258 e. The minimum atomic E-state index is -0.158. The molecule has 1 unspecified atom stereocenters. The zero-order valence-electron chi connectivity index (χ0n) is 15.4. The van der Waals surface area contributed by atoms with Gasteiger partial charge in [-0.15, -0.1) is 0 Å². The standard InChI is InChI=1S/C23H17ClN4O/c24-16-6-7-18-17(12-16)21(15-4-2-1-3-5-15)22(23(29)26-18)20-13-19(27-28-20)14-8-10-25-11-9-14/h1-12,19,27H,13H2,(H,26,29). The number of benzene rings is 2. The lowest BCUT2D eigenvalue weighted by atomic mass is 9.91. The van der Waals surface area contributed by atoms with E-state index in [0.29, 0.717) is 17.0 Å². The molecule has 0 saturated heterocycles. The molecule has 0 aliphatic carbocycles. The van der Waals surface area contributed by atoms with Crippen LogP contribution in [0.15, 0.2) is 83.0 Å². The van der Waals surface area contributed by atoms with Gasteiger partial charge in [0.15, 0.2) is 0 Å². The molecule has 2 N–H and O–H groups in total. The van der Waals surface area contributed by atoms with Crippen molar-refractivity contribution in [2.75, 3.05) is 0 Å². The molecule has 0 saturated carbocycles. The Morgan fingerprint density at radius 1 is 0.966 bits per heavy atom. The quantitative estimate of drug-likeness (QED) is 0.524. The number of nitrogens with zero attached hydrogens (tertiary/aromatic N) is 2. The summed E-state index contributed by atoms with van der Waals surface area (Å²) < 4.78 is 0. The number of rotatable bonds is 3. The molecule has 142 valence electrons. The van der Waals surface area contributed by atoms with Crippen molar-refractivity contribution >= 4 is 28.2 Å². The van der Waals surface area contributed by atoms with E-state index >= 15 is 0 Å². The molecule has 2 aromatic heterocycles. The van der Waals surface area contributed by atoms with Crippen molar-refractivity contribution in [1.82, 2.24) is 15.4 Å². The third-order valence-electron chi connectivity index (χ3n) is 5.19. The van der Waals surface area contributed by atoms with Crippen LogP contribution in [0.5, 0.6) is 0 Å². The number of H-pyrrole nitrogens is 1. The summed E-state index contributed by atoms with van der Waals surface area (Å²) in [6.45, 7) is 0. The first-order valence-corrected chi connectivity index (χ1v) is 9.72. The van der Waals surface area contributed by atoms with Gasteiger partial charge in [0.25, 0.3) is 5.56 Å². The van der Waals surface area contributed by atoms with Crippen LogP contribution in [-0.2, 0) is 0 Å². The largest absolute Gasteiger partial charge is 0.321 e. The first kappa shape index (κ1) is 17.6. The predicted octanol–water partition coefficient (Wildman–Crippen LogP) is 4.68. The van der Waals surface area contributed by atoms with Crippen LogP contribution in [0.25, 0.3) is 22.0 Å². The molecule has 5 rings (SSSR count). The zero-order chi connectivity index (χ0) is 19.8. The number of fused-ring (bicyclic) bond motifs is 1. The number of hydrazone groups is 1. The highest BCUT2D eigenvalue weighted by atomic mass is 35.5. The molecule has 2 aromatic carbocycles. The van der Waals surface area contributed by atoms with Gasteiger partial charge >= 0.3 is 0 Å². The molecule has 0 bridgehead atoms. The highest BCUT2D eigenvalue weighted by molar-refractivity contribution is 6.31. The van der Waals surface area contributed by atoms with Crippen molar-refractivity contribution in [3.63, 3.8) is 0 Å². The number of hydrogen-bond acceptors (Lipinski definition) is 4. The van der Waals surface area contributed by atoms with Crippen LogP contribution in [0.4, 0.5) is 0 Å². The monoisotopic (exact) mass is 400 g/mol. The molecule has 4 aromatic rings. The van der Waals surface area contributed by atoms with Crippen LogP contribution >= 0.6 is 11.6 Å². The number of aromatic nitrogens is 2. The Morgan fingerprint density at radius 3 is 2.55 bits per heavy atom. The van der Waals surface area contributed by atoms with E-state index in [2.05, 4.69) is 20.5 Å². The Morgan fingerprint density at radius 2 is 1.76 bits per heavy atom. The third-order valence-corrected chi connectivity index (χ3v) is 5.42. The van der Waals surface area contributed by atoms with Gasteiger partial charge in [0, 0.05) is 40.3 Å². The van der Waals surface area contributed by atoms with E-state index in [1.165, 1.54) is 0 Å². The van der Waals surface area contributed by atoms with Gasteiger partial charge in [-0.05, 0) is 41.5 Å². The number of halogens is 1. The molecule has 0 fully saturated rings. The van der Waals surface area contributed by atoms with Crippen LogP contribution in [0, 0.1) is 0 Å². The Kier molecular flexibility index (Phi) is 4.37. The molecular formula is C23H17ClN4O. The maximum atomic E-state index is 13.1. The lowest BCUT2D eigenvalue weighted by molar-refractivity contribution is 0.619. The van der Waals surface area contributed by atoms with Crippen molar-refractivity contribution < 1.29 is 0 Å². The molecule has 3 heterocycles. The van der Waals surface area contributed by atoms with Crippen LogP contribution in [-0.4, -0.2) is 15.7 Å². The summed E-state index contributed by atoms with van der Waals surface area (Å²) in [5, 5.41) is 6.05. The maximum Gasteiger partial charge on any atom is 0.258 e. The number of hydrogen-bond donors (Lipinski definition) is 2. The fourth-order valence-corrected chi connectivity index (χ4v) is 4.00. The minimum absolute atomic E-state index is 0.00563. The van der Waals surface area contributed by atoms with Crippen molar-refractivity contribution in [3.8, 4) is 11.1 Å². The second-order valence-electron chi connectivity index (χ2n) is 6.98. The lowest BCUT2D eigenvalue weighted by Crippen LogP contribution is -2.20. The predicted molar refractivity (Wildman–Crippen MR) is 116 cm³/mol. The molecular weight excluding hydrogens is 384 g/mol. The van der Waals surface area contributed by atoms with Crippen LogP contribution < -0.4 is 11.0 Å². The van der Waals surface area contributed by atoms with Gasteiger partial charge in [0.1, 0.15) is 0 Å². The van der Waals surface area contributed by atoms with E-state index in [1.54, 1.807) is 18.5 Å². The van der Waals surface area contributed by atoms with E-state index in [9.17, 15) is 4.79 Å². The summed E-state index contributed by atoms with van der Waals surface area (Å²) in [6, 6.07) is 19.3. The topological polar surface area (TPSA) is 70.1 Å². The van der Waals surface area contributed by atoms with Crippen LogP contribution in [0.1, 0.15) is 23.6 Å². The van der Waals surface area contributed by atoms with E-state index in [0.717, 1.165) is 33.3 Å². The highest BCUT2D eigenvalue weighted by Gasteiger charge is 2.26. The summed E-state index contributed by atoms with van der Waals surface area (Å²) in [6.07, 6.45) is 4.13. The fraction of sp³-hybridized carbons (Fsp3) is 0.0870. The summed E-state index contributed by atoms with van der Waals surface area (Å²) in [7, 11) is 0. The van der Waals surface area contributed by atoms with Crippen molar-refractivity contribution in [3.05, 3.63) is 99.6 Å². The molecule has 1 aliphatic heterocycles. The van der Waals surface area contributed by atoms with Gasteiger partial charge in [-0.1, -0.05) is 41.9 Å². The Labute approximate surface area is 172 Å². The Hall–Kier alpha value is -3.44. The molecule has 1 aliphatic rings. The van der Waals surface area contributed by atoms with Gasteiger partial charge in [-0.25, -0.2) is 0 Å². The molecule has 29 heavy (non-hydrogen) atoms. The van der Waals surface area contributed by atoms with Gasteiger partial charge in [-0.2, -0.15) is 5.10 Å². The van der Waals surface area contributed by atoms with Gasteiger partial charge in [-0.3, -0.25) is 9.78 Å². The average Bonchev–Trinajstić information content (AvgIpc) is 3.24. The Bertz CT molecular complexity index is 1280. The van der Waals surface area contributed by atoms with Gasteiger partial charge in [0.05, 0.1) is 17.3 Å². The normalized spacial score (nSPS) is 15.9. The van der Waals surface area contributed by atoms with E-state index in [1.807, 2.05) is 54.6 Å².